The smallest absolute Gasteiger partial charge is 0.0661 e. The third-order valence-electron chi connectivity index (χ3n) is 1.43. The molecule has 0 saturated heterocycles. The van der Waals surface area contributed by atoms with Crippen LogP contribution in [-0.2, 0) is 0 Å². The van der Waals surface area contributed by atoms with E-state index in [0.29, 0.717) is 0 Å². The van der Waals surface area contributed by atoms with E-state index in [-0.39, 0.29) is 0 Å². The minimum Gasteiger partial charge on any atom is -0.303 e. The van der Waals surface area contributed by atoms with Gasteiger partial charge in [-0.3, -0.25) is 4.98 Å². The van der Waals surface area contributed by atoms with Gasteiger partial charge in [-0.05, 0) is 13.0 Å². The molecule has 0 aliphatic carbocycles. The highest BCUT2D eigenvalue weighted by molar-refractivity contribution is 5.98. The van der Waals surface area contributed by atoms with E-state index < -0.39 is 0 Å². The number of hydrogen-bond acceptors (Lipinski definition) is 3. The van der Waals surface area contributed by atoms with Gasteiger partial charge in [-0.15, -0.1) is 0 Å². The van der Waals surface area contributed by atoms with Crippen LogP contribution in [0.3, 0.4) is 0 Å². The molecule has 0 radical (unpaired) electrons. The molecular formula is C9H13N3. The van der Waals surface area contributed by atoms with Crippen LogP contribution in [0.4, 0.5) is 0 Å². The molecule has 64 valence electrons. The standard InChI is InChI=1S/C9H13N3/c1-8(11-12(2)3)9-5-4-6-10-7-9/h4-7H,1-3H3. The van der Waals surface area contributed by atoms with Gasteiger partial charge in [-0.1, -0.05) is 6.07 Å². The van der Waals surface area contributed by atoms with Gasteiger partial charge in [-0.25, -0.2) is 0 Å². The Kier molecular flexibility index (Phi) is 2.80. The maximum Gasteiger partial charge on any atom is 0.0661 e. The first-order chi connectivity index (χ1) is 5.70. The molecular weight excluding hydrogens is 150 g/mol. The van der Waals surface area contributed by atoms with Crippen molar-refractivity contribution < 1.29 is 0 Å². The zero-order valence-electron chi connectivity index (χ0n) is 7.65. The summed E-state index contributed by atoms with van der Waals surface area (Å²) in [6.45, 7) is 1.97. The number of hydrazone groups is 1. The van der Waals surface area contributed by atoms with Gasteiger partial charge in [0.2, 0.25) is 0 Å². The minimum atomic E-state index is 0.980. The Morgan fingerprint density at radius 1 is 1.50 bits per heavy atom. The summed E-state index contributed by atoms with van der Waals surface area (Å²) in [5.74, 6) is 0. The van der Waals surface area contributed by atoms with E-state index in [4.69, 9.17) is 0 Å². The third kappa shape index (κ3) is 2.34. The lowest BCUT2D eigenvalue weighted by Crippen LogP contribution is -2.07. The molecule has 0 aliphatic heterocycles. The minimum absolute atomic E-state index is 0.980. The van der Waals surface area contributed by atoms with Gasteiger partial charge in [0.25, 0.3) is 0 Å². The summed E-state index contributed by atoms with van der Waals surface area (Å²) >= 11 is 0. The van der Waals surface area contributed by atoms with Crippen molar-refractivity contribution in [1.82, 2.24) is 9.99 Å². The average molecular weight is 163 g/mol. The van der Waals surface area contributed by atoms with Gasteiger partial charge in [0.1, 0.15) is 0 Å². The molecule has 0 aromatic carbocycles. The van der Waals surface area contributed by atoms with Gasteiger partial charge in [0.05, 0.1) is 5.71 Å². The largest absolute Gasteiger partial charge is 0.303 e. The topological polar surface area (TPSA) is 28.5 Å². The highest BCUT2D eigenvalue weighted by atomic mass is 15.4. The van der Waals surface area contributed by atoms with Crippen molar-refractivity contribution in [2.75, 3.05) is 14.1 Å². The maximum absolute atomic E-state index is 4.26. The molecule has 0 spiro atoms. The second-order valence-electron chi connectivity index (χ2n) is 2.77. The van der Waals surface area contributed by atoms with Crippen molar-refractivity contribution in [3.8, 4) is 0 Å². The van der Waals surface area contributed by atoms with Crippen LogP contribution < -0.4 is 0 Å². The van der Waals surface area contributed by atoms with Crippen LogP contribution in [0.2, 0.25) is 0 Å². The highest BCUT2D eigenvalue weighted by Crippen LogP contribution is 1.98. The Morgan fingerprint density at radius 3 is 2.75 bits per heavy atom. The molecule has 1 rings (SSSR count). The van der Waals surface area contributed by atoms with Crippen LogP contribution in [-0.4, -0.2) is 29.8 Å². The van der Waals surface area contributed by atoms with Crippen molar-refractivity contribution in [2.45, 2.75) is 6.92 Å². The average Bonchev–Trinajstić information content (AvgIpc) is 2.05. The van der Waals surface area contributed by atoms with Crippen molar-refractivity contribution in [3.63, 3.8) is 0 Å². The second kappa shape index (κ2) is 3.85. The molecule has 0 bridgehead atoms. The molecule has 1 aromatic rings. The molecule has 0 aliphatic rings. The molecule has 0 unspecified atom stereocenters. The van der Waals surface area contributed by atoms with Crippen LogP contribution in [0.1, 0.15) is 12.5 Å². The summed E-state index contributed by atoms with van der Waals surface area (Å²) in [5, 5.41) is 6.04. The van der Waals surface area contributed by atoms with E-state index in [0.717, 1.165) is 11.3 Å². The SMILES string of the molecule is CC(=NN(C)C)c1cccnc1. The number of nitrogens with zero attached hydrogens (tertiary/aromatic N) is 3. The van der Waals surface area contributed by atoms with E-state index in [1.54, 1.807) is 11.2 Å². The lowest BCUT2D eigenvalue weighted by molar-refractivity contribution is 0.438. The zero-order valence-corrected chi connectivity index (χ0v) is 7.65. The summed E-state index contributed by atoms with van der Waals surface area (Å²) in [6.07, 6.45) is 3.56. The van der Waals surface area contributed by atoms with E-state index in [1.807, 2.05) is 39.3 Å². The Balaban J connectivity index is 2.85. The van der Waals surface area contributed by atoms with Crippen LogP contribution in [0, 0.1) is 0 Å². The molecule has 1 aromatic heterocycles. The summed E-state index contributed by atoms with van der Waals surface area (Å²) in [6, 6.07) is 3.90. The fraction of sp³-hybridized carbons (Fsp3) is 0.333. The Morgan fingerprint density at radius 2 is 2.25 bits per heavy atom. The molecule has 0 atom stereocenters. The molecule has 12 heavy (non-hydrogen) atoms. The lowest BCUT2D eigenvalue weighted by atomic mass is 10.2. The van der Waals surface area contributed by atoms with Gasteiger partial charge >= 0.3 is 0 Å². The Labute approximate surface area is 72.7 Å². The quantitative estimate of drug-likeness (QED) is 0.486. The van der Waals surface area contributed by atoms with Crippen LogP contribution in [0.15, 0.2) is 29.6 Å². The first-order valence-corrected chi connectivity index (χ1v) is 3.83. The van der Waals surface area contributed by atoms with Crippen molar-refractivity contribution in [3.05, 3.63) is 30.1 Å². The predicted molar refractivity (Wildman–Crippen MR) is 50.1 cm³/mol. The van der Waals surface area contributed by atoms with Crippen LogP contribution >= 0.6 is 0 Å². The summed E-state index contributed by atoms with van der Waals surface area (Å²) in [4.78, 5) is 4.01. The summed E-state index contributed by atoms with van der Waals surface area (Å²) in [7, 11) is 3.81. The maximum atomic E-state index is 4.26. The molecule has 0 saturated carbocycles. The summed E-state index contributed by atoms with van der Waals surface area (Å²) in [5.41, 5.74) is 2.04. The van der Waals surface area contributed by atoms with Gasteiger partial charge in [-0.2, -0.15) is 5.10 Å². The van der Waals surface area contributed by atoms with E-state index in [2.05, 4.69) is 10.1 Å². The molecule has 0 N–H and O–H groups in total. The zero-order chi connectivity index (χ0) is 8.97. The second-order valence-corrected chi connectivity index (χ2v) is 2.77. The first-order valence-electron chi connectivity index (χ1n) is 3.83. The predicted octanol–water partition coefficient (Wildman–Crippen LogP) is 1.37. The Hall–Kier alpha value is -1.38. The fourth-order valence-electron chi connectivity index (χ4n) is 0.935. The number of hydrogen-bond donors (Lipinski definition) is 0. The summed E-state index contributed by atoms with van der Waals surface area (Å²) < 4.78 is 0. The molecule has 1 heterocycles. The van der Waals surface area contributed by atoms with E-state index >= 15 is 0 Å². The first kappa shape index (κ1) is 8.71. The number of aromatic nitrogens is 1. The van der Waals surface area contributed by atoms with Crippen LogP contribution in [0.25, 0.3) is 0 Å². The van der Waals surface area contributed by atoms with Gasteiger partial charge in [0, 0.05) is 32.1 Å². The molecule has 3 heteroatoms. The van der Waals surface area contributed by atoms with Crippen molar-refractivity contribution in [2.24, 2.45) is 5.10 Å². The lowest BCUT2D eigenvalue weighted by Gasteiger charge is -2.06. The molecule has 0 fully saturated rings. The fourth-order valence-corrected chi connectivity index (χ4v) is 0.935. The highest BCUT2D eigenvalue weighted by Gasteiger charge is 1.95. The molecule has 3 nitrogen and oxygen atoms in total. The monoisotopic (exact) mass is 163 g/mol. The van der Waals surface area contributed by atoms with E-state index in [9.17, 15) is 0 Å². The number of pyridine rings is 1. The van der Waals surface area contributed by atoms with Gasteiger partial charge < -0.3 is 5.01 Å². The molecule has 0 amide bonds. The van der Waals surface area contributed by atoms with Crippen molar-refractivity contribution >= 4 is 5.71 Å². The van der Waals surface area contributed by atoms with Crippen LogP contribution in [0.5, 0.6) is 0 Å². The number of rotatable bonds is 2. The van der Waals surface area contributed by atoms with Crippen molar-refractivity contribution in [1.29, 1.82) is 0 Å². The van der Waals surface area contributed by atoms with Gasteiger partial charge in [0.15, 0.2) is 0 Å². The third-order valence-corrected chi connectivity index (χ3v) is 1.43. The van der Waals surface area contributed by atoms with E-state index in [1.165, 1.54) is 0 Å². The normalized spacial score (nSPS) is 11.4. The Bertz CT molecular complexity index is 264.